The zero-order chi connectivity index (χ0) is 13.5. The summed E-state index contributed by atoms with van der Waals surface area (Å²) < 4.78 is 0. The summed E-state index contributed by atoms with van der Waals surface area (Å²) in [7, 11) is 0. The Bertz CT molecular complexity index is 238. The van der Waals surface area contributed by atoms with E-state index >= 15 is 0 Å². The van der Waals surface area contributed by atoms with Gasteiger partial charge in [-0.2, -0.15) is 0 Å². The molecule has 1 amide bonds. The second-order valence-electron chi connectivity index (χ2n) is 5.83. The molecule has 0 atom stereocenters. The third kappa shape index (κ3) is 6.64. The molecule has 0 aliphatic rings. The second-order valence-corrected chi connectivity index (χ2v) is 5.83. The van der Waals surface area contributed by atoms with Crippen LogP contribution in [0, 0.1) is 5.41 Å². The van der Waals surface area contributed by atoms with Crippen molar-refractivity contribution in [1.29, 1.82) is 0 Å². The van der Waals surface area contributed by atoms with Gasteiger partial charge in [0.1, 0.15) is 0 Å². The van der Waals surface area contributed by atoms with Crippen molar-refractivity contribution >= 4 is 5.91 Å². The summed E-state index contributed by atoms with van der Waals surface area (Å²) in [5.74, 6) is 0.0245. The van der Waals surface area contributed by atoms with Gasteiger partial charge in [-0.1, -0.05) is 20.8 Å². The first-order valence-electron chi connectivity index (χ1n) is 6.39. The highest BCUT2D eigenvalue weighted by Gasteiger charge is 2.27. The van der Waals surface area contributed by atoms with E-state index in [9.17, 15) is 4.79 Å². The van der Waals surface area contributed by atoms with E-state index in [1.165, 1.54) is 0 Å². The van der Waals surface area contributed by atoms with Crippen molar-refractivity contribution in [3.8, 4) is 0 Å². The van der Waals surface area contributed by atoms with Crippen LogP contribution in [-0.2, 0) is 4.79 Å². The van der Waals surface area contributed by atoms with Gasteiger partial charge in [-0.05, 0) is 38.6 Å². The minimum atomic E-state index is -0.526. The Hall–Kier alpha value is -0.610. The summed E-state index contributed by atoms with van der Waals surface area (Å²) in [5, 5.41) is 14.9. The SMILES string of the molecule is CCNC(C)(C)C(=O)NCC(C)(C)CCCO. The molecule has 0 aliphatic carbocycles. The average Bonchev–Trinajstić information content (AvgIpc) is 2.23. The van der Waals surface area contributed by atoms with E-state index in [-0.39, 0.29) is 17.9 Å². The highest BCUT2D eigenvalue weighted by atomic mass is 16.2. The van der Waals surface area contributed by atoms with Crippen LogP contribution in [0.15, 0.2) is 0 Å². The standard InChI is InChI=1S/C13H28N2O2/c1-6-15-13(4,5)11(17)14-10-12(2,3)8-7-9-16/h15-16H,6-10H2,1-5H3,(H,14,17). The molecule has 0 saturated carbocycles. The maximum absolute atomic E-state index is 12.0. The first kappa shape index (κ1) is 16.4. The monoisotopic (exact) mass is 244 g/mol. The lowest BCUT2D eigenvalue weighted by atomic mass is 9.87. The van der Waals surface area contributed by atoms with Crippen LogP contribution in [0.3, 0.4) is 0 Å². The summed E-state index contributed by atoms with van der Waals surface area (Å²) in [5.41, 5.74) is -0.498. The van der Waals surface area contributed by atoms with E-state index in [1.807, 2.05) is 20.8 Å². The molecule has 0 aliphatic heterocycles. The minimum Gasteiger partial charge on any atom is -0.396 e. The van der Waals surface area contributed by atoms with Crippen molar-refractivity contribution in [3.63, 3.8) is 0 Å². The lowest BCUT2D eigenvalue weighted by Gasteiger charge is -2.29. The average molecular weight is 244 g/mol. The third-order valence-corrected chi connectivity index (χ3v) is 2.93. The fraction of sp³-hybridized carbons (Fsp3) is 0.923. The van der Waals surface area contributed by atoms with Gasteiger partial charge in [0.2, 0.25) is 5.91 Å². The Morgan fingerprint density at radius 2 is 1.82 bits per heavy atom. The van der Waals surface area contributed by atoms with Gasteiger partial charge in [0, 0.05) is 13.2 Å². The van der Waals surface area contributed by atoms with Crippen LogP contribution in [0.5, 0.6) is 0 Å². The summed E-state index contributed by atoms with van der Waals surface area (Å²) in [6, 6.07) is 0. The quantitative estimate of drug-likeness (QED) is 0.603. The van der Waals surface area contributed by atoms with Gasteiger partial charge in [-0.15, -0.1) is 0 Å². The van der Waals surface area contributed by atoms with Gasteiger partial charge in [0.05, 0.1) is 5.54 Å². The van der Waals surface area contributed by atoms with Crippen LogP contribution < -0.4 is 10.6 Å². The molecule has 0 heterocycles. The largest absolute Gasteiger partial charge is 0.396 e. The Labute approximate surface area is 105 Å². The van der Waals surface area contributed by atoms with Crippen molar-refractivity contribution < 1.29 is 9.90 Å². The molecule has 0 bridgehead atoms. The minimum absolute atomic E-state index is 0.0245. The van der Waals surface area contributed by atoms with Crippen LogP contribution in [0.4, 0.5) is 0 Å². The van der Waals surface area contributed by atoms with Crippen LogP contribution in [0.2, 0.25) is 0 Å². The molecule has 0 saturated heterocycles. The topological polar surface area (TPSA) is 61.4 Å². The Morgan fingerprint density at radius 1 is 1.24 bits per heavy atom. The van der Waals surface area contributed by atoms with Crippen molar-refractivity contribution in [2.24, 2.45) is 5.41 Å². The van der Waals surface area contributed by atoms with Crippen LogP contribution >= 0.6 is 0 Å². The lowest BCUT2D eigenvalue weighted by molar-refractivity contribution is -0.126. The van der Waals surface area contributed by atoms with Crippen LogP contribution in [0.1, 0.15) is 47.5 Å². The van der Waals surface area contributed by atoms with Crippen molar-refractivity contribution in [1.82, 2.24) is 10.6 Å². The highest BCUT2D eigenvalue weighted by Crippen LogP contribution is 2.21. The lowest BCUT2D eigenvalue weighted by Crippen LogP contribution is -2.53. The Morgan fingerprint density at radius 3 is 2.29 bits per heavy atom. The van der Waals surface area contributed by atoms with Crippen LogP contribution in [0.25, 0.3) is 0 Å². The maximum atomic E-state index is 12.0. The van der Waals surface area contributed by atoms with Gasteiger partial charge >= 0.3 is 0 Å². The molecule has 0 aromatic heterocycles. The van der Waals surface area contributed by atoms with Crippen molar-refractivity contribution in [2.75, 3.05) is 19.7 Å². The highest BCUT2D eigenvalue weighted by molar-refractivity contribution is 5.85. The van der Waals surface area contributed by atoms with Gasteiger partial charge in [-0.3, -0.25) is 4.79 Å². The normalized spacial score (nSPS) is 12.6. The number of rotatable bonds is 8. The number of aliphatic hydroxyl groups is 1. The van der Waals surface area contributed by atoms with Gasteiger partial charge in [0.15, 0.2) is 0 Å². The predicted octanol–water partition coefficient (Wildman–Crippen LogP) is 1.29. The number of carbonyl (C=O) groups is 1. The fourth-order valence-corrected chi connectivity index (χ4v) is 1.71. The van der Waals surface area contributed by atoms with E-state index in [4.69, 9.17) is 5.11 Å². The molecule has 4 nitrogen and oxygen atoms in total. The number of likely N-dealkylation sites (N-methyl/N-ethyl adjacent to an activating group) is 1. The van der Waals surface area contributed by atoms with Gasteiger partial charge in [-0.25, -0.2) is 0 Å². The van der Waals surface area contributed by atoms with Crippen molar-refractivity contribution in [3.05, 3.63) is 0 Å². The molecular weight excluding hydrogens is 216 g/mol. The number of hydrogen-bond donors (Lipinski definition) is 3. The first-order chi connectivity index (χ1) is 7.75. The molecule has 102 valence electrons. The summed E-state index contributed by atoms with van der Waals surface area (Å²) in [6.07, 6.45) is 1.69. The molecule has 0 spiro atoms. The molecule has 0 aromatic carbocycles. The third-order valence-electron chi connectivity index (χ3n) is 2.93. The first-order valence-corrected chi connectivity index (χ1v) is 6.39. The Balaban J connectivity index is 4.14. The molecule has 0 fully saturated rings. The zero-order valence-electron chi connectivity index (χ0n) is 11.9. The molecular formula is C13H28N2O2. The molecule has 0 rings (SSSR count). The fourth-order valence-electron chi connectivity index (χ4n) is 1.71. The van der Waals surface area contributed by atoms with E-state index in [0.29, 0.717) is 6.54 Å². The zero-order valence-corrected chi connectivity index (χ0v) is 11.9. The van der Waals surface area contributed by atoms with E-state index < -0.39 is 5.54 Å². The van der Waals surface area contributed by atoms with Gasteiger partial charge in [0.25, 0.3) is 0 Å². The molecule has 0 radical (unpaired) electrons. The van der Waals surface area contributed by atoms with Crippen LogP contribution in [-0.4, -0.2) is 36.2 Å². The summed E-state index contributed by atoms with van der Waals surface area (Å²) in [4.78, 5) is 12.0. The second kappa shape index (κ2) is 6.97. The van der Waals surface area contributed by atoms with Crippen molar-refractivity contribution in [2.45, 2.75) is 53.0 Å². The number of hydrogen-bond acceptors (Lipinski definition) is 3. The molecule has 17 heavy (non-hydrogen) atoms. The smallest absolute Gasteiger partial charge is 0.239 e. The summed E-state index contributed by atoms with van der Waals surface area (Å²) >= 11 is 0. The number of nitrogens with one attached hydrogen (secondary N) is 2. The van der Waals surface area contributed by atoms with E-state index in [2.05, 4.69) is 24.5 Å². The number of amides is 1. The molecule has 0 aromatic rings. The Kier molecular flexibility index (Phi) is 6.72. The molecule has 0 unspecified atom stereocenters. The van der Waals surface area contributed by atoms with E-state index in [1.54, 1.807) is 0 Å². The predicted molar refractivity (Wildman–Crippen MR) is 70.9 cm³/mol. The molecule has 3 N–H and O–H groups in total. The maximum Gasteiger partial charge on any atom is 0.239 e. The number of carbonyl (C=O) groups excluding carboxylic acids is 1. The van der Waals surface area contributed by atoms with Gasteiger partial charge < -0.3 is 15.7 Å². The molecule has 4 heteroatoms. The van der Waals surface area contributed by atoms with E-state index in [0.717, 1.165) is 19.4 Å². The summed E-state index contributed by atoms with van der Waals surface area (Å²) in [6.45, 7) is 11.6. The number of aliphatic hydroxyl groups excluding tert-OH is 1.